The standard InChI is InChI=1S/C18H32N4O4S/c1-20(6-4-7-21-8-11-25-12-9-21)14-16-13-19-18(27(2,23)24)22(16)15-17-5-3-10-26-17/h13,17H,3-12,14-15H2,1-2H3/t17-/m1/s1. The summed E-state index contributed by atoms with van der Waals surface area (Å²) in [5, 5.41) is 0.148. The first-order chi connectivity index (χ1) is 12.9. The van der Waals surface area contributed by atoms with Crippen LogP contribution in [0, 0.1) is 0 Å². The lowest BCUT2D eigenvalue weighted by Crippen LogP contribution is -2.37. The van der Waals surface area contributed by atoms with Gasteiger partial charge in [0.15, 0.2) is 0 Å². The third-order valence-corrected chi connectivity index (χ3v) is 6.18. The molecule has 1 aromatic rings. The highest BCUT2D eigenvalue weighted by Crippen LogP contribution is 2.19. The van der Waals surface area contributed by atoms with E-state index in [0.717, 1.165) is 71.0 Å². The van der Waals surface area contributed by atoms with Crippen molar-refractivity contribution in [3.05, 3.63) is 11.9 Å². The Labute approximate surface area is 162 Å². The molecule has 0 amide bonds. The zero-order valence-corrected chi connectivity index (χ0v) is 17.3. The fourth-order valence-electron chi connectivity index (χ4n) is 3.75. The summed E-state index contributed by atoms with van der Waals surface area (Å²) >= 11 is 0. The molecule has 0 unspecified atom stereocenters. The monoisotopic (exact) mass is 400 g/mol. The molecule has 0 aliphatic carbocycles. The molecule has 9 heteroatoms. The van der Waals surface area contributed by atoms with E-state index in [1.807, 2.05) is 4.57 Å². The number of aromatic nitrogens is 2. The van der Waals surface area contributed by atoms with Crippen molar-refractivity contribution in [2.45, 2.75) is 43.6 Å². The largest absolute Gasteiger partial charge is 0.379 e. The predicted molar refractivity (Wildman–Crippen MR) is 103 cm³/mol. The van der Waals surface area contributed by atoms with Gasteiger partial charge in [0.25, 0.3) is 0 Å². The van der Waals surface area contributed by atoms with Crippen LogP contribution in [0.3, 0.4) is 0 Å². The van der Waals surface area contributed by atoms with E-state index in [-0.39, 0.29) is 11.3 Å². The quantitative estimate of drug-likeness (QED) is 0.601. The second-order valence-corrected chi connectivity index (χ2v) is 9.50. The Balaban J connectivity index is 1.58. The van der Waals surface area contributed by atoms with Crippen LogP contribution in [0.5, 0.6) is 0 Å². The zero-order valence-electron chi connectivity index (χ0n) is 16.5. The van der Waals surface area contributed by atoms with Crippen LogP contribution in [0.15, 0.2) is 11.4 Å². The number of hydrogen-bond acceptors (Lipinski definition) is 7. The Morgan fingerprint density at radius 3 is 2.74 bits per heavy atom. The molecule has 0 aromatic carbocycles. The lowest BCUT2D eigenvalue weighted by molar-refractivity contribution is 0.0363. The van der Waals surface area contributed by atoms with Crippen molar-refractivity contribution in [3.63, 3.8) is 0 Å². The van der Waals surface area contributed by atoms with Crippen LogP contribution in [-0.4, -0.2) is 93.2 Å². The minimum atomic E-state index is -3.36. The van der Waals surface area contributed by atoms with Crippen LogP contribution < -0.4 is 0 Å². The average molecular weight is 401 g/mol. The molecule has 2 aliphatic rings. The van der Waals surface area contributed by atoms with E-state index >= 15 is 0 Å². The van der Waals surface area contributed by atoms with Gasteiger partial charge in [-0.25, -0.2) is 13.4 Å². The van der Waals surface area contributed by atoms with E-state index in [1.54, 1.807) is 6.20 Å². The molecule has 0 bridgehead atoms. The van der Waals surface area contributed by atoms with Gasteiger partial charge in [-0.2, -0.15) is 0 Å². The van der Waals surface area contributed by atoms with E-state index in [0.29, 0.717) is 13.1 Å². The molecule has 0 N–H and O–H groups in total. The van der Waals surface area contributed by atoms with E-state index in [2.05, 4.69) is 21.8 Å². The molecule has 0 spiro atoms. The number of ether oxygens (including phenoxy) is 2. The van der Waals surface area contributed by atoms with Crippen molar-refractivity contribution < 1.29 is 17.9 Å². The van der Waals surface area contributed by atoms with Crippen molar-refractivity contribution in [2.75, 3.05) is 59.3 Å². The molecule has 1 atom stereocenters. The molecule has 2 aliphatic heterocycles. The lowest BCUT2D eigenvalue weighted by atomic mass is 10.2. The summed E-state index contributed by atoms with van der Waals surface area (Å²) in [5.74, 6) is 0. The molecule has 8 nitrogen and oxygen atoms in total. The number of hydrogen-bond donors (Lipinski definition) is 0. The van der Waals surface area contributed by atoms with E-state index in [4.69, 9.17) is 9.47 Å². The lowest BCUT2D eigenvalue weighted by Gasteiger charge is -2.27. The second kappa shape index (κ2) is 9.47. The molecule has 3 heterocycles. The summed E-state index contributed by atoms with van der Waals surface area (Å²) in [6, 6.07) is 0. The second-order valence-electron chi connectivity index (χ2n) is 7.60. The van der Waals surface area contributed by atoms with Crippen LogP contribution in [0.4, 0.5) is 0 Å². The number of rotatable bonds is 9. The highest BCUT2D eigenvalue weighted by molar-refractivity contribution is 7.90. The van der Waals surface area contributed by atoms with Gasteiger partial charge in [0.05, 0.1) is 37.8 Å². The van der Waals surface area contributed by atoms with Gasteiger partial charge < -0.3 is 18.9 Å². The maximum atomic E-state index is 12.1. The van der Waals surface area contributed by atoms with Gasteiger partial charge in [-0.3, -0.25) is 4.90 Å². The average Bonchev–Trinajstić information content (AvgIpc) is 3.26. The summed E-state index contributed by atoms with van der Waals surface area (Å²) in [6.45, 7) is 7.68. The Morgan fingerprint density at radius 1 is 1.30 bits per heavy atom. The zero-order chi connectivity index (χ0) is 19.3. The maximum absolute atomic E-state index is 12.1. The van der Waals surface area contributed by atoms with Crippen LogP contribution in [0.1, 0.15) is 25.0 Å². The van der Waals surface area contributed by atoms with Crippen LogP contribution in [-0.2, 0) is 32.4 Å². The molecule has 0 saturated carbocycles. The molecular formula is C18H32N4O4S. The molecule has 27 heavy (non-hydrogen) atoms. The van der Waals surface area contributed by atoms with Gasteiger partial charge in [0.1, 0.15) is 0 Å². The minimum absolute atomic E-state index is 0.0741. The molecule has 2 saturated heterocycles. The fourth-order valence-corrected chi connectivity index (χ4v) is 4.58. The van der Waals surface area contributed by atoms with Gasteiger partial charge in [-0.1, -0.05) is 0 Å². The molecular weight excluding hydrogens is 368 g/mol. The summed E-state index contributed by atoms with van der Waals surface area (Å²) in [7, 11) is -1.29. The van der Waals surface area contributed by atoms with Crippen molar-refractivity contribution in [2.24, 2.45) is 0 Å². The summed E-state index contributed by atoms with van der Waals surface area (Å²) < 4.78 is 37.2. The smallest absolute Gasteiger partial charge is 0.227 e. The van der Waals surface area contributed by atoms with E-state index in [9.17, 15) is 8.42 Å². The van der Waals surface area contributed by atoms with Gasteiger partial charge in [-0.05, 0) is 39.4 Å². The Kier molecular flexibility index (Phi) is 7.27. The first-order valence-electron chi connectivity index (χ1n) is 9.78. The van der Waals surface area contributed by atoms with Crippen LogP contribution in [0.25, 0.3) is 0 Å². The molecule has 1 aromatic heterocycles. The first kappa shape index (κ1) is 20.7. The van der Waals surface area contributed by atoms with Gasteiger partial charge in [-0.15, -0.1) is 0 Å². The Bertz CT molecular complexity index is 694. The van der Waals surface area contributed by atoms with Crippen molar-refractivity contribution >= 4 is 9.84 Å². The molecule has 3 rings (SSSR count). The molecule has 2 fully saturated rings. The molecule has 0 radical (unpaired) electrons. The number of nitrogens with zero attached hydrogens (tertiary/aromatic N) is 4. The predicted octanol–water partition coefficient (Wildman–Crippen LogP) is 0.620. The van der Waals surface area contributed by atoms with Gasteiger partial charge in [0, 0.05) is 32.5 Å². The summed E-state index contributed by atoms with van der Waals surface area (Å²) in [4.78, 5) is 8.87. The number of imidazole rings is 1. The van der Waals surface area contributed by atoms with Gasteiger partial charge >= 0.3 is 0 Å². The minimum Gasteiger partial charge on any atom is -0.379 e. The fraction of sp³-hybridized carbons (Fsp3) is 0.833. The highest BCUT2D eigenvalue weighted by atomic mass is 32.2. The summed E-state index contributed by atoms with van der Waals surface area (Å²) in [6.07, 6.45) is 6.07. The van der Waals surface area contributed by atoms with Crippen molar-refractivity contribution in [3.8, 4) is 0 Å². The van der Waals surface area contributed by atoms with Crippen LogP contribution in [0.2, 0.25) is 0 Å². The SMILES string of the molecule is CN(CCCN1CCOCC1)Cc1cnc(S(C)(=O)=O)n1C[C@H]1CCCO1. The van der Waals surface area contributed by atoms with Crippen molar-refractivity contribution in [1.82, 2.24) is 19.4 Å². The Morgan fingerprint density at radius 2 is 2.07 bits per heavy atom. The number of morpholine rings is 1. The van der Waals surface area contributed by atoms with Gasteiger partial charge in [0.2, 0.25) is 15.0 Å². The highest BCUT2D eigenvalue weighted by Gasteiger charge is 2.24. The van der Waals surface area contributed by atoms with E-state index in [1.165, 1.54) is 6.26 Å². The first-order valence-corrected chi connectivity index (χ1v) is 11.7. The van der Waals surface area contributed by atoms with Crippen molar-refractivity contribution in [1.29, 1.82) is 0 Å². The topological polar surface area (TPSA) is 76.9 Å². The third kappa shape index (κ3) is 5.99. The Hall–Kier alpha value is -1.00. The summed E-state index contributed by atoms with van der Waals surface area (Å²) in [5.41, 5.74) is 0.930. The molecule has 154 valence electrons. The number of sulfone groups is 1. The third-order valence-electron chi connectivity index (χ3n) is 5.19. The van der Waals surface area contributed by atoms with Crippen LogP contribution >= 0.6 is 0 Å². The maximum Gasteiger partial charge on any atom is 0.227 e. The van der Waals surface area contributed by atoms with E-state index < -0.39 is 9.84 Å². The normalized spacial score (nSPS) is 22.0.